The molecule has 4 aromatic rings. The third-order valence-electron chi connectivity index (χ3n) is 7.67. The van der Waals surface area contributed by atoms with Crippen molar-refractivity contribution in [2.45, 2.75) is 32.2 Å². The van der Waals surface area contributed by atoms with Gasteiger partial charge in [0.1, 0.15) is 6.54 Å². The number of fused-ring (bicyclic) bond motifs is 1. The molecule has 0 unspecified atom stereocenters. The van der Waals surface area contributed by atoms with Crippen LogP contribution in [0.5, 0.6) is 0 Å². The molecule has 0 spiro atoms. The minimum Gasteiger partial charge on any atom is -0.338 e. The van der Waals surface area contributed by atoms with Gasteiger partial charge in [-0.2, -0.15) is 4.57 Å². The Kier molecular flexibility index (Phi) is 7.23. The average Bonchev–Trinajstić information content (AvgIpc) is 3.23. The minimum absolute atomic E-state index is 1.06. The number of para-hydroxylation sites is 1. The first kappa shape index (κ1) is 25.3. The molecule has 5 rings (SSSR count). The van der Waals surface area contributed by atoms with Gasteiger partial charge >= 0.3 is 0 Å². The number of aromatic nitrogens is 1. The van der Waals surface area contributed by atoms with E-state index < -0.39 is 0 Å². The van der Waals surface area contributed by atoms with Crippen LogP contribution in [0.25, 0.3) is 23.0 Å². The fraction of sp³-hybridized carbons (Fsp3) is 0.242. The van der Waals surface area contributed by atoms with E-state index in [0.29, 0.717) is 0 Å². The number of benzene rings is 3. The Labute approximate surface area is 226 Å². The number of anilines is 1. The van der Waals surface area contributed by atoms with Crippen molar-refractivity contribution in [2.24, 2.45) is 0 Å². The number of quaternary nitrogens is 1. The van der Waals surface area contributed by atoms with Gasteiger partial charge in [-0.25, -0.2) is 0 Å². The maximum absolute atomic E-state index is 2.34. The summed E-state index contributed by atoms with van der Waals surface area (Å²) >= 11 is 1.84. The van der Waals surface area contributed by atoms with Crippen LogP contribution in [0, 0.1) is 6.92 Å². The molecule has 0 atom stereocenters. The van der Waals surface area contributed by atoms with Crippen LogP contribution in [0.15, 0.2) is 101 Å². The van der Waals surface area contributed by atoms with E-state index >= 15 is 0 Å². The average molecular weight is 508 g/mol. The fourth-order valence-corrected chi connectivity index (χ4v) is 5.95. The normalized spacial score (nSPS) is 14.3. The molecule has 0 fully saturated rings. The Balaban J connectivity index is 1.52. The highest BCUT2D eigenvalue weighted by molar-refractivity contribution is 8.03. The van der Waals surface area contributed by atoms with Crippen LogP contribution in [0.2, 0.25) is 0 Å². The maximum atomic E-state index is 2.34. The van der Waals surface area contributed by atoms with Gasteiger partial charge in [0.25, 0.3) is 0 Å². The van der Waals surface area contributed by atoms with E-state index in [2.05, 4.69) is 142 Å². The van der Waals surface area contributed by atoms with Crippen molar-refractivity contribution >= 4 is 23.5 Å². The van der Waals surface area contributed by atoms with Crippen molar-refractivity contribution in [3.8, 4) is 16.9 Å². The van der Waals surface area contributed by atoms with Crippen molar-refractivity contribution in [2.75, 3.05) is 32.1 Å². The van der Waals surface area contributed by atoms with E-state index in [4.69, 9.17) is 0 Å². The standard InChI is InChI=1S/C33H37N3S/c1-6-36(5,7-2)24-26-14-16-28(17-15-26)30-22-27(19-20-35(30)29-11-9-8-10-12-29)23-33-34(4)31-21-25(3)13-18-32(31)37-33/h8-23H,6-7,24H2,1-5H3/q+2. The number of nitrogens with zero attached hydrogens (tertiary/aromatic N) is 3. The van der Waals surface area contributed by atoms with Crippen molar-refractivity contribution in [3.05, 3.63) is 113 Å². The summed E-state index contributed by atoms with van der Waals surface area (Å²) in [6.07, 6.45) is 4.50. The SMILES string of the molecule is CC[N+](C)(CC)Cc1ccc(-c2cc(C=C3Sc4ccc(C)cc4N3C)cc[n+]2-c2ccccc2)cc1. The lowest BCUT2D eigenvalue weighted by Crippen LogP contribution is -2.42. The van der Waals surface area contributed by atoms with Crippen LogP contribution in [0.1, 0.15) is 30.5 Å². The van der Waals surface area contributed by atoms with Gasteiger partial charge in [-0.3, -0.25) is 0 Å². The molecular formula is C33H37N3S+2. The van der Waals surface area contributed by atoms with E-state index in [1.54, 1.807) is 0 Å². The largest absolute Gasteiger partial charge is 0.338 e. The van der Waals surface area contributed by atoms with Crippen molar-refractivity contribution < 1.29 is 9.05 Å². The molecule has 0 bridgehead atoms. The quantitative estimate of drug-likeness (QED) is 0.189. The van der Waals surface area contributed by atoms with Gasteiger partial charge in [0, 0.05) is 47.3 Å². The lowest BCUT2D eigenvalue weighted by molar-refractivity contribution is -0.919. The predicted molar refractivity (Wildman–Crippen MR) is 158 cm³/mol. The topological polar surface area (TPSA) is 7.12 Å². The predicted octanol–water partition coefficient (Wildman–Crippen LogP) is 7.47. The molecular weight excluding hydrogens is 470 g/mol. The zero-order valence-electron chi connectivity index (χ0n) is 22.6. The van der Waals surface area contributed by atoms with E-state index in [1.165, 1.54) is 43.6 Å². The molecule has 188 valence electrons. The monoisotopic (exact) mass is 507 g/mol. The first-order chi connectivity index (χ1) is 17.9. The molecule has 0 saturated heterocycles. The summed E-state index contributed by atoms with van der Waals surface area (Å²) in [6, 6.07) is 31.0. The van der Waals surface area contributed by atoms with Gasteiger partial charge < -0.3 is 9.38 Å². The molecule has 2 heterocycles. The number of hydrogen-bond donors (Lipinski definition) is 0. The fourth-order valence-electron chi connectivity index (χ4n) is 4.86. The Bertz CT molecular complexity index is 1420. The molecule has 1 aliphatic rings. The number of pyridine rings is 1. The molecule has 0 saturated carbocycles. The van der Waals surface area contributed by atoms with E-state index in [0.717, 1.165) is 29.8 Å². The third kappa shape index (κ3) is 5.36. The highest BCUT2D eigenvalue weighted by Gasteiger charge is 2.23. The molecule has 3 nitrogen and oxygen atoms in total. The molecule has 0 aliphatic carbocycles. The van der Waals surface area contributed by atoms with Crippen LogP contribution in [-0.4, -0.2) is 31.7 Å². The number of hydrogen-bond acceptors (Lipinski definition) is 2. The zero-order valence-corrected chi connectivity index (χ0v) is 23.4. The zero-order chi connectivity index (χ0) is 26.0. The van der Waals surface area contributed by atoms with Gasteiger partial charge in [-0.1, -0.05) is 48.2 Å². The van der Waals surface area contributed by atoms with Crippen LogP contribution >= 0.6 is 11.8 Å². The smallest absolute Gasteiger partial charge is 0.219 e. The van der Waals surface area contributed by atoms with Crippen molar-refractivity contribution in [1.82, 2.24) is 0 Å². The number of thioether (sulfide) groups is 1. The molecule has 1 aromatic heterocycles. The van der Waals surface area contributed by atoms with Crippen molar-refractivity contribution in [3.63, 3.8) is 0 Å². The maximum Gasteiger partial charge on any atom is 0.219 e. The first-order valence-corrected chi connectivity index (χ1v) is 14.0. The van der Waals surface area contributed by atoms with Crippen LogP contribution in [0.3, 0.4) is 0 Å². The summed E-state index contributed by atoms with van der Waals surface area (Å²) in [4.78, 5) is 3.62. The number of aryl methyl sites for hydroxylation is 1. The Morgan fingerprint density at radius 1 is 0.892 bits per heavy atom. The van der Waals surface area contributed by atoms with E-state index in [-0.39, 0.29) is 0 Å². The highest BCUT2D eigenvalue weighted by Crippen LogP contribution is 2.46. The van der Waals surface area contributed by atoms with Crippen LogP contribution in [0.4, 0.5) is 5.69 Å². The van der Waals surface area contributed by atoms with Gasteiger partial charge in [-0.15, -0.1) is 0 Å². The lowest BCUT2D eigenvalue weighted by Gasteiger charge is -2.32. The van der Waals surface area contributed by atoms with Gasteiger partial charge in [0.05, 0.1) is 30.9 Å². The Hall–Kier alpha value is -3.34. The molecule has 0 amide bonds. The molecule has 37 heavy (non-hydrogen) atoms. The summed E-state index contributed by atoms with van der Waals surface area (Å²) < 4.78 is 3.35. The first-order valence-electron chi connectivity index (χ1n) is 13.2. The molecule has 0 radical (unpaired) electrons. The summed E-state index contributed by atoms with van der Waals surface area (Å²) in [5.41, 5.74) is 8.74. The summed E-state index contributed by atoms with van der Waals surface area (Å²) in [5, 5.41) is 1.25. The van der Waals surface area contributed by atoms with Gasteiger partial charge in [0.2, 0.25) is 11.4 Å². The van der Waals surface area contributed by atoms with Crippen molar-refractivity contribution in [1.29, 1.82) is 0 Å². The summed E-state index contributed by atoms with van der Waals surface area (Å²) in [7, 11) is 4.50. The van der Waals surface area contributed by atoms with Crippen LogP contribution < -0.4 is 9.47 Å². The lowest BCUT2D eigenvalue weighted by atomic mass is 10.0. The second kappa shape index (κ2) is 10.6. The number of rotatable bonds is 7. The molecule has 1 aliphatic heterocycles. The molecule has 0 N–H and O–H groups in total. The Morgan fingerprint density at radius 2 is 1.62 bits per heavy atom. The highest BCUT2D eigenvalue weighted by atomic mass is 32.2. The summed E-state index contributed by atoms with van der Waals surface area (Å²) in [6.45, 7) is 10.0. The van der Waals surface area contributed by atoms with Gasteiger partial charge in [-0.05, 0) is 62.2 Å². The minimum atomic E-state index is 1.06. The van der Waals surface area contributed by atoms with E-state index in [1.807, 2.05) is 11.8 Å². The second-order valence-corrected chi connectivity index (χ2v) is 11.3. The Morgan fingerprint density at radius 3 is 2.32 bits per heavy atom. The molecule has 4 heteroatoms. The van der Waals surface area contributed by atoms with E-state index in [9.17, 15) is 0 Å². The third-order valence-corrected chi connectivity index (χ3v) is 8.83. The van der Waals surface area contributed by atoms with Crippen LogP contribution in [-0.2, 0) is 6.54 Å². The molecule has 3 aromatic carbocycles. The second-order valence-electron chi connectivity index (χ2n) is 10.3. The van der Waals surface area contributed by atoms with Gasteiger partial charge in [0.15, 0.2) is 6.20 Å². The summed E-state index contributed by atoms with van der Waals surface area (Å²) in [5.74, 6) is 0.